The number of aromatic nitrogens is 2. The molecule has 0 aliphatic carbocycles. The van der Waals surface area contributed by atoms with Gasteiger partial charge in [-0.05, 0) is 66.8 Å². The van der Waals surface area contributed by atoms with Crippen molar-refractivity contribution in [1.82, 2.24) is 14.9 Å². The number of hydrogen-bond acceptors (Lipinski definition) is 2. The van der Waals surface area contributed by atoms with Gasteiger partial charge in [-0.2, -0.15) is 0 Å². The van der Waals surface area contributed by atoms with Crippen LogP contribution in [0.2, 0.25) is 0 Å². The van der Waals surface area contributed by atoms with E-state index < -0.39 is 0 Å². The lowest BCUT2D eigenvalue weighted by molar-refractivity contribution is 0.0952. The Bertz CT molecular complexity index is 1510. The number of carbonyl (C=O) groups excluding carboxylic acids is 1. The third-order valence-corrected chi connectivity index (χ3v) is 6.93. The molecule has 1 aromatic heterocycles. The van der Waals surface area contributed by atoms with Crippen molar-refractivity contribution in [2.45, 2.75) is 46.1 Å². The fourth-order valence-corrected chi connectivity index (χ4v) is 5.04. The van der Waals surface area contributed by atoms with Gasteiger partial charge in [-0.1, -0.05) is 78.7 Å². The minimum atomic E-state index is 0.0179. The number of hydrogen-bond donors (Lipinski definition) is 1. The second kappa shape index (κ2) is 10.8. The molecule has 36 heavy (non-hydrogen) atoms. The van der Waals surface area contributed by atoms with Crippen molar-refractivity contribution >= 4 is 27.7 Å². The smallest absolute Gasteiger partial charge is 0.251 e. The van der Waals surface area contributed by atoms with Crippen LogP contribution in [0.4, 0.5) is 0 Å². The number of unbranched alkanes of at least 4 members (excludes halogenated alkanes) is 2. The number of amides is 1. The lowest BCUT2D eigenvalue weighted by Crippen LogP contribution is -2.25. The number of benzene rings is 4. The molecular weight excluding hydrogens is 442 g/mol. The molecule has 4 nitrogen and oxygen atoms in total. The van der Waals surface area contributed by atoms with E-state index >= 15 is 0 Å². The minimum absolute atomic E-state index is 0.0179. The Hall–Kier alpha value is -3.92. The van der Waals surface area contributed by atoms with Gasteiger partial charge in [-0.3, -0.25) is 4.79 Å². The van der Waals surface area contributed by atoms with Crippen LogP contribution >= 0.6 is 0 Å². The first kappa shape index (κ1) is 23.8. The summed E-state index contributed by atoms with van der Waals surface area (Å²) in [4.78, 5) is 17.5. The lowest BCUT2D eigenvalue weighted by Gasteiger charge is -2.12. The zero-order chi connectivity index (χ0) is 24.9. The highest BCUT2D eigenvalue weighted by Crippen LogP contribution is 2.24. The SMILES string of the molecule is Cc1ccc(C(=O)NCCCCCc2nc3ccccc3n2Cc2cccc3ccccc23)c(C)c1. The van der Waals surface area contributed by atoms with E-state index in [1.807, 2.05) is 26.0 Å². The van der Waals surface area contributed by atoms with Crippen LogP contribution in [-0.2, 0) is 13.0 Å². The molecule has 0 unspecified atom stereocenters. The molecular formula is C32H33N3O. The number of imidazole rings is 1. The molecule has 4 heteroatoms. The normalized spacial score (nSPS) is 11.3. The van der Waals surface area contributed by atoms with Crippen LogP contribution in [0.1, 0.15) is 52.1 Å². The van der Waals surface area contributed by atoms with E-state index in [1.54, 1.807) is 0 Å². The number of fused-ring (bicyclic) bond motifs is 2. The molecule has 0 aliphatic rings. The van der Waals surface area contributed by atoms with E-state index in [0.717, 1.165) is 54.7 Å². The van der Waals surface area contributed by atoms with Crippen molar-refractivity contribution in [3.63, 3.8) is 0 Å². The Labute approximate surface area is 213 Å². The summed E-state index contributed by atoms with van der Waals surface area (Å²) >= 11 is 0. The minimum Gasteiger partial charge on any atom is -0.352 e. The van der Waals surface area contributed by atoms with Crippen LogP contribution in [-0.4, -0.2) is 22.0 Å². The van der Waals surface area contributed by atoms with Crippen molar-refractivity contribution in [3.8, 4) is 0 Å². The van der Waals surface area contributed by atoms with Crippen molar-refractivity contribution in [3.05, 3.63) is 113 Å². The molecule has 0 fully saturated rings. The molecule has 0 atom stereocenters. The first-order valence-electron chi connectivity index (χ1n) is 12.9. The van der Waals surface area contributed by atoms with Crippen LogP contribution in [0.5, 0.6) is 0 Å². The quantitative estimate of drug-likeness (QED) is 0.233. The summed E-state index contributed by atoms with van der Waals surface area (Å²) in [6, 6.07) is 29.5. The van der Waals surface area contributed by atoms with Gasteiger partial charge in [0.15, 0.2) is 0 Å². The van der Waals surface area contributed by atoms with Crippen LogP contribution < -0.4 is 5.32 Å². The van der Waals surface area contributed by atoms with Crippen molar-refractivity contribution in [1.29, 1.82) is 0 Å². The molecule has 1 heterocycles. The standard InChI is InChI=1S/C32H33N3O/c1-23-18-19-27(24(2)21-23)32(36)33-20-9-3-4-17-31-34-29-15-7-8-16-30(29)35(31)22-26-13-10-12-25-11-5-6-14-28(25)26/h5-8,10-16,18-19,21H,3-4,9,17,20,22H2,1-2H3,(H,33,36). The second-order valence-corrected chi connectivity index (χ2v) is 9.63. The molecule has 0 spiro atoms. The molecule has 5 rings (SSSR count). The predicted octanol–water partition coefficient (Wildman–Crippen LogP) is 7.00. The summed E-state index contributed by atoms with van der Waals surface area (Å²) in [7, 11) is 0. The zero-order valence-corrected chi connectivity index (χ0v) is 21.1. The number of nitrogens with one attached hydrogen (secondary N) is 1. The van der Waals surface area contributed by atoms with Crippen LogP contribution in [0, 0.1) is 13.8 Å². The highest BCUT2D eigenvalue weighted by Gasteiger charge is 2.12. The highest BCUT2D eigenvalue weighted by atomic mass is 16.1. The van der Waals surface area contributed by atoms with Gasteiger partial charge in [-0.15, -0.1) is 0 Å². The number of aryl methyl sites for hydroxylation is 3. The van der Waals surface area contributed by atoms with Gasteiger partial charge in [0.2, 0.25) is 0 Å². The van der Waals surface area contributed by atoms with Gasteiger partial charge in [0, 0.05) is 25.1 Å². The van der Waals surface area contributed by atoms with Gasteiger partial charge >= 0.3 is 0 Å². The molecule has 1 amide bonds. The van der Waals surface area contributed by atoms with E-state index in [9.17, 15) is 4.79 Å². The van der Waals surface area contributed by atoms with Gasteiger partial charge in [-0.25, -0.2) is 4.98 Å². The monoisotopic (exact) mass is 475 g/mol. The maximum Gasteiger partial charge on any atom is 0.251 e. The topological polar surface area (TPSA) is 46.9 Å². The molecule has 0 saturated carbocycles. The molecule has 4 aromatic carbocycles. The van der Waals surface area contributed by atoms with E-state index in [-0.39, 0.29) is 5.91 Å². The van der Waals surface area contributed by atoms with Crippen LogP contribution in [0.25, 0.3) is 21.8 Å². The number of carbonyl (C=O) groups is 1. The summed E-state index contributed by atoms with van der Waals surface area (Å²) in [6.45, 7) is 5.54. The molecule has 0 aliphatic heterocycles. The fourth-order valence-electron chi connectivity index (χ4n) is 5.04. The third kappa shape index (κ3) is 5.18. The number of para-hydroxylation sites is 2. The first-order valence-corrected chi connectivity index (χ1v) is 12.9. The predicted molar refractivity (Wildman–Crippen MR) is 149 cm³/mol. The Morgan fingerprint density at radius 2 is 1.67 bits per heavy atom. The van der Waals surface area contributed by atoms with Gasteiger partial charge < -0.3 is 9.88 Å². The van der Waals surface area contributed by atoms with Crippen LogP contribution in [0.3, 0.4) is 0 Å². The molecule has 1 N–H and O–H groups in total. The molecule has 0 bridgehead atoms. The van der Waals surface area contributed by atoms with Gasteiger partial charge in [0.25, 0.3) is 5.91 Å². The van der Waals surface area contributed by atoms with E-state index in [0.29, 0.717) is 6.54 Å². The average molecular weight is 476 g/mol. The fraction of sp³-hybridized carbons (Fsp3) is 0.250. The average Bonchev–Trinajstić information content (AvgIpc) is 3.23. The van der Waals surface area contributed by atoms with Gasteiger partial charge in [0.05, 0.1) is 11.0 Å². The lowest BCUT2D eigenvalue weighted by atomic mass is 10.0. The largest absolute Gasteiger partial charge is 0.352 e. The van der Waals surface area contributed by atoms with E-state index in [4.69, 9.17) is 4.98 Å². The highest BCUT2D eigenvalue weighted by molar-refractivity contribution is 5.95. The Morgan fingerprint density at radius 3 is 2.56 bits per heavy atom. The Balaban J connectivity index is 1.22. The summed E-state index contributed by atoms with van der Waals surface area (Å²) < 4.78 is 2.37. The van der Waals surface area contributed by atoms with Crippen molar-refractivity contribution < 1.29 is 4.79 Å². The Kier molecular flexibility index (Phi) is 7.13. The summed E-state index contributed by atoms with van der Waals surface area (Å²) in [5.74, 6) is 1.15. The van der Waals surface area contributed by atoms with E-state index in [2.05, 4.69) is 82.7 Å². The molecule has 0 saturated heterocycles. The molecule has 0 radical (unpaired) electrons. The van der Waals surface area contributed by atoms with Crippen LogP contribution in [0.15, 0.2) is 84.9 Å². The van der Waals surface area contributed by atoms with Gasteiger partial charge in [0.1, 0.15) is 5.82 Å². The second-order valence-electron chi connectivity index (χ2n) is 9.63. The van der Waals surface area contributed by atoms with E-state index in [1.165, 1.54) is 27.4 Å². The third-order valence-electron chi connectivity index (χ3n) is 6.93. The molecule has 182 valence electrons. The summed E-state index contributed by atoms with van der Waals surface area (Å²) in [5.41, 5.74) is 6.51. The Morgan fingerprint density at radius 1 is 0.861 bits per heavy atom. The van der Waals surface area contributed by atoms with Crippen molar-refractivity contribution in [2.24, 2.45) is 0 Å². The number of rotatable bonds is 9. The maximum atomic E-state index is 12.5. The summed E-state index contributed by atoms with van der Waals surface area (Å²) in [5, 5.41) is 5.64. The number of nitrogens with zero attached hydrogens (tertiary/aromatic N) is 2. The first-order chi connectivity index (χ1) is 17.6. The maximum absolute atomic E-state index is 12.5. The summed E-state index contributed by atoms with van der Waals surface area (Å²) in [6.07, 6.45) is 3.97. The van der Waals surface area contributed by atoms with Crippen molar-refractivity contribution in [2.75, 3.05) is 6.54 Å². The zero-order valence-electron chi connectivity index (χ0n) is 21.1. The molecule has 5 aromatic rings.